The second kappa shape index (κ2) is 8.35. The van der Waals surface area contributed by atoms with Gasteiger partial charge in [-0.1, -0.05) is 29.0 Å². The first-order chi connectivity index (χ1) is 17.4. The van der Waals surface area contributed by atoms with E-state index in [4.69, 9.17) is 25.8 Å². The van der Waals surface area contributed by atoms with Crippen molar-refractivity contribution >= 4 is 46.1 Å². The van der Waals surface area contributed by atoms with Gasteiger partial charge in [0.2, 0.25) is 6.79 Å². The number of allylic oxidation sites excluding steroid dienone is 1. The van der Waals surface area contributed by atoms with Crippen LogP contribution in [0.3, 0.4) is 0 Å². The Balaban J connectivity index is 1.64. The number of nitrogens with zero attached hydrogens (tertiary/aromatic N) is 2. The van der Waals surface area contributed by atoms with Crippen molar-refractivity contribution in [3.8, 4) is 11.5 Å². The first-order valence-corrected chi connectivity index (χ1v) is 12.3. The van der Waals surface area contributed by atoms with Gasteiger partial charge in [0.15, 0.2) is 16.3 Å². The molecule has 11 heteroatoms. The number of rotatable bonds is 3. The number of esters is 1. The van der Waals surface area contributed by atoms with E-state index in [-0.39, 0.29) is 29.1 Å². The Morgan fingerprint density at radius 1 is 1.22 bits per heavy atom. The first kappa shape index (κ1) is 22.6. The summed E-state index contributed by atoms with van der Waals surface area (Å²) in [4.78, 5) is 44.9. The van der Waals surface area contributed by atoms with Crippen molar-refractivity contribution in [1.82, 2.24) is 4.57 Å². The highest BCUT2D eigenvalue weighted by molar-refractivity contribution is 7.07. The number of carbonyl (C=O) groups is 2. The topological polar surface area (TPSA) is 108 Å². The largest absolute Gasteiger partial charge is 0.463 e. The van der Waals surface area contributed by atoms with Crippen molar-refractivity contribution in [2.75, 3.05) is 18.7 Å². The van der Waals surface area contributed by atoms with Gasteiger partial charge in [-0.25, -0.2) is 9.79 Å². The van der Waals surface area contributed by atoms with E-state index in [1.807, 2.05) is 0 Å². The number of fused-ring (bicyclic) bond motifs is 3. The van der Waals surface area contributed by atoms with Gasteiger partial charge < -0.3 is 19.5 Å². The molecule has 6 rings (SSSR count). The zero-order chi connectivity index (χ0) is 25.1. The summed E-state index contributed by atoms with van der Waals surface area (Å²) in [7, 11) is 0. The van der Waals surface area contributed by atoms with Gasteiger partial charge in [-0.05, 0) is 49.7 Å². The van der Waals surface area contributed by atoms with Gasteiger partial charge in [-0.3, -0.25) is 14.2 Å². The summed E-state index contributed by atoms with van der Waals surface area (Å²) >= 11 is 7.27. The van der Waals surface area contributed by atoms with Crippen LogP contribution in [0.4, 0.5) is 5.69 Å². The highest BCUT2D eigenvalue weighted by Crippen LogP contribution is 2.38. The van der Waals surface area contributed by atoms with Crippen molar-refractivity contribution < 1.29 is 23.8 Å². The molecule has 182 valence electrons. The molecule has 2 aromatic carbocycles. The number of thiazole rings is 1. The number of amides is 1. The summed E-state index contributed by atoms with van der Waals surface area (Å²) < 4.78 is 17.9. The molecule has 1 amide bonds. The average molecular weight is 524 g/mol. The molecule has 0 radical (unpaired) electrons. The van der Waals surface area contributed by atoms with Crippen LogP contribution in [0.2, 0.25) is 5.02 Å². The zero-order valence-electron chi connectivity index (χ0n) is 19.1. The van der Waals surface area contributed by atoms with Crippen LogP contribution in [0, 0.1) is 0 Å². The van der Waals surface area contributed by atoms with Gasteiger partial charge in [0, 0.05) is 16.3 Å². The first-order valence-electron chi connectivity index (χ1n) is 11.1. The van der Waals surface area contributed by atoms with E-state index < -0.39 is 23.5 Å². The van der Waals surface area contributed by atoms with E-state index >= 15 is 0 Å². The number of hydrogen-bond acceptors (Lipinski definition) is 8. The zero-order valence-corrected chi connectivity index (χ0v) is 20.7. The monoisotopic (exact) mass is 523 g/mol. The van der Waals surface area contributed by atoms with E-state index in [2.05, 4.69) is 10.3 Å². The Morgan fingerprint density at radius 2 is 2.03 bits per heavy atom. The number of benzene rings is 2. The molecule has 1 N–H and O–H groups in total. The molecular weight excluding hydrogens is 506 g/mol. The van der Waals surface area contributed by atoms with Crippen LogP contribution < -0.4 is 29.7 Å². The van der Waals surface area contributed by atoms with Gasteiger partial charge in [0.1, 0.15) is 4.53 Å². The third-order valence-electron chi connectivity index (χ3n) is 6.16. The molecule has 0 aliphatic carbocycles. The lowest BCUT2D eigenvalue weighted by atomic mass is 9.95. The second-order valence-corrected chi connectivity index (χ2v) is 9.67. The molecular formula is C25H18ClN3O6S. The SMILES string of the molecule is CCOC(=O)C1=C(C)N=c2s/c(=C3\C(=O)Nc4ccc(Cl)cc43)c(=O)n2[C@H]1c1ccc2c(c1)OCO2. The number of nitrogens with one attached hydrogen (secondary N) is 1. The van der Waals surface area contributed by atoms with E-state index in [0.29, 0.717) is 43.8 Å². The Kier molecular flexibility index (Phi) is 5.24. The molecule has 0 spiro atoms. The van der Waals surface area contributed by atoms with E-state index in [9.17, 15) is 14.4 Å². The molecule has 0 bridgehead atoms. The highest BCUT2D eigenvalue weighted by atomic mass is 35.5. The smallest absolute Gasteiger partial charge is 0.338 e. The van der Waals surface area contributed by atoms with Gasteiger partial charge in [-0.15, -0.1) is 0 Å². The Labute approximate surface area is 212 Å². The number of halogens is 1. The average Bonchev–Trinajstić information content (AvgIpc) is 3.52. The fourth-order valence-electron chi connectivity index (χ4n) is 4.61. The van der Waals surface area contributed by atoms with E-state index in [1.54, 1.807) is 50.2 Å². The summed E-state index contributed by atoms with van der Waals surface area (Å²) in [5.41, 5.74) is 2.16. The minimum absolute atomic E-state index is 0.0849. The maximum atomic E-state index is 13.9. The Morgan fingerprint density at radius 3 is 2.83 bits per heavy atom. The minimum Gasteiger partial charge on any atom is -0.463 e. The molecule has 4 heterocycles. The summed E-state index contributed by atoms with van der Waals surface area (Å²) in [6.45, 7) is 3.66. The quantitative estimate of drug-likeness (QED) is 0.528. The van der Waals surface area contributed by atoms with Crippen LogP contribution in [0.25, 0.3) is 5.57 Å². The molecule has 36 heavy (non-hydrogen) atoms. The van der Waals surface area contributed by atoms with Gasteiger partial charge >= 0.3 is 5.97 Å². The molecule has 1 atom stereocenters. The van der Waals surface area contributed by atoms with Gasteiger partial charge in [0.05, 0.1) is 29.5 Å². The Bertz CT molecular complexity index is 1700. The van der Waals surface area contributed by atoms with Crippen LogP contribution >= 0.6 is 22.9 Å². The second-order valence-electron chi connectivity index (χ2n) is 8.25. The fourth-order valence-corrected chi connectivity index (χ4v) is 5.92. The van der Waals surface area contributed by atoms with Crippen LogP contribution in [-0.4, -0.2) is 29.8 Å². The van der Waals surface area contributed by atoms with Crippen LogP contribution in [0.1, 0.15) is 31.0 Å². The minimum atomic E-state index is -0.840. The summed E-state index contributed by atoms with van der Waals surface area (Å²) in [6, 6.07) is 9.41. The summed E-state index contributed by atoms with van der Waals surface area (Å²) in [5, 5.41) is 3.22. The van der Waals surface area contributed by atoms with Crippen LogP contribution in [0.15, 0.2) is 57.5 Å². The number of carbonyl (C=O) groups excluding carboxylic acids is 2. The summed E-state index contributed by atoms with van der Waals surface area (Å²) in [6.07, 6.45) is 0. The maximum absolute atomic E-state index is 13.9. The standard InChI is InChI=1S/C25H18ClN3O6S/c1-3-33-24(32)18-11(2)27-25-29(20(18)12-4-7-16-17(8-12)35-10-34-16)23(31)21(36-25)19-14-9-13(26)5-6-15(14)28-22(19)30/h4-9,20H,3,10H2,1-2H3,(H,28,30)/b21-19-/t20-/m0/s1. The van der Waals surface area contributed by atoms with Crippen molar-refractivity contribution in [3.05, 3.63) is 83.5 Å². The van der Waals surface area contributed by atoms with Crippen molar-refractivity contribution in [2.24, 2.45) is 4.99 Å². The Hall–Kier alpha value is -3.89. The molecule has 0 unspecified atom stereocenters. The molecule has 3 aromatic rings. The normalized spacial score (nSPS) is 19.0. The van der Waals surface area contributed by atoms with Crippen molar-refractivity contribution in [3.63, 3.8) is 0 Å². The van der Waals surface area contributed by atoms with E-state index in [0.717, 1.165) is 11.3 Å². The van der Waals surface area contributed by atoms with Crippen LogP contribution in [0.5, 0.6) is 11.5 Å². The fraction of sp³-hybridized carbons (Fsp3) is 0.200. The molecule has 3 aliphatic rings. The lowest BCUT2D eigenvalue weighted by molar-refractivity contribution is -0.139. The third kappa shape index (κ3) is 3.36. The predicted octanol–water partition coefficient (Wildman–Crippen LogP) is 2.50. The number of aromatic nitrogens is 1. The lowest BCUT2D eigenvalue weighted by Crippen LogP contribution is -2.40. The lowest BCUT2D eigenvalue weighted by Gasteiger charge is -2.24. The highest BCUT2D eigenvalue weighted by Gasteiger charge is 2.36. The predicted molar refractivity (Wildman–Crippen MR) is 132 cm³/mol. The molecule has 3 aliphatic heterocycles. The maximum Gasteiger partial charge on any atom is 0.338 e. The molecule has 1 aromatic heterocycles. The molecule has 0 fully saturated rings. The molecule has 0 saturated heterocycles. The van der Waals surface area contributed by atoms with Gasteiger partial charge in [0.25, 0.3) is 11.5 Å². The molecule has 0 saturated carbocycles. The number of anilines is 1. The number of hydrogen-bond donors (Lipinski definition) is 1. The van der Waals surface area contributed by atoms with Gasteiger partial charge in [-0.2, -0.15) is 0 Å². The molecule has 9 nitrogen and oxygen atoms in total. The van der Waals surface area contributed by atoms with E-state index in [1.165, 1.54) is 4.57 Å². The summed E-state index contributed by atoms with van der Waals surface area (Å²) in [5.74, 6) is 0.102. The third-order valence-corrected chi connectivity index (χ3v) is 7.45. The number of ether oxygens (including phenoxy) is 3. The van der Waals surface area contributed by atoms with Crippen molar-refractivity contribution in [1.29, 1.82) is 0 Å². The van der Waals surface area contributed by atoms with Crippen molar-refractivity contribution in [2.45, 2.75) is 19.9 Å². The van der Waals surface area contributed by atoms with Crippen LogP contribution in [-0.2, 0) is 14.3 Å².